The number of anilines is 3. The van der Waals surface area contributed by atoms with Gasteiger partial charge in [-0.3, -0.25) is 4.79 Å². The SMILES string of the molecule is CN1Cc2c(B3OC(C)(C)C(C)(C)O3)ccc(Nc3ccc(N4CCC(O)(C5CC5)CC4)cn3)c2C1=O. The summed E-state index contributed by atoms with van der Waals surface area (Å²) < 4.78 is 12.6. The van der Waals surface area contributed by atoms with Crippen molar-refractivity contribution >= 4 is 35.7 Å². The first-order valence-electron chi connectivity index (χ1n) is 13.4. The lowest BCUT2D eigenvalue weighted by Gasteiger charge is -2.39. The van der Waals surface area contributed by atoms with Crippen LogP contribution in [-0.2, 0) is 15.9 Å². The predicted octanol–water partition coefficient (Wildman–Crippen LogP) is 3.45. The highest BCUT2D eigenvalue weighted by Crippen LogP contribution is 2.45. The predicted molar refractivity (Wildman–Crippen MR) is 145 cm³/mol. The van der Waals surface area contributed by atoms with Gasteiger partial charge in [0, 0.05) is 26.7 Å². The van der Waals surface area contributed by atoms with Crippen LogP contribution < -0.4 is 15.7 Å². The van der Waals surface area contributed by atoms with Crippen LogP contribution in [0.2, 0.25) is 0 Å². The molecule has 8 nitrogen and oxygen atoms in total. The Kier molecular flexibility index (Phi) is 5.64. The van der Waals surface area contributed by atoms with E-state index in [4.69, 9.17) is 9.31 Å². The van der Waals surface area contributed by atoms with Crippen LogP contribution in [0.25, 0.3) is 0 Å². The number of hydrogen-bond acceptors (Lipinski definition) is 7. The van der Waals surface area contributed by atoms with E-state index in [0.29, 0.717) is 23.8 Å². The normalized spacial score (nSPS) is 23.9. The molecule has 6 rings (SSSR count). The van der Waals surface area contributed by atoms with E-state index in [1.807, 2.05) is 59.1 Å². The number of aliphatic hydroxyl groups is 1. The zero-order valence-electron chi connectivity index (χ0n) is 22.5. The van der Waals surface area contributed by atoms with Crippen LogP contribution in [0.4, 0.5) is 17.2 Å². The van der Waals surface area contributed by atoms with Crippen molar-refractivity contribution in [3.05, 3.63) is 41.6 Å². The Morgan fingerprint density at radius 2 is 1.73 bits per heavy atom. The summed E-state index contributed by atoms with van der Waals surface area (Å²) in [6.07, 6.45) is 5.83. The molecular weight excluding hydrogens is 467 g/mol. The molecule has 4 heterocycles. The van der Waals surface area contributed by atoms with Gasteiger partial charge in [0.2, 0.25) is 0 Å². The van der Waals surface area contributed by atoms with Gasteiger partial charge in [-0.1, -0.05) is 6.07 Å². The maximum Gasteiger partial charge on any atom is 0.495 e. The van der Waals surface area contributed by atoms with Gasteiger partial charge in [-0.15, -0.1) is 0 Å². The van der Waals surface area contributed by atoms with E-state index >= 15 is 0 Å². The summed E-state index contributed by atoms with van der Waals surface area (Å²) in [5.41, 5.74) is 2.89. The van der Waals surface area contributed by atoms with Crippen LogP contribution in [0.15, 0.2) is 30.5 Å². The van der Waals surface area contributed by atoms with Crippen LogP contribution in [0.1, 0.15) is 69.3 Å². The third-order valence-electron chi connectivity index (χ3n) is 9.15. The van der Waals surface area contributed by atoms with E-state index in [1.54, 1.807) is 4.90 Å². The first-order valence-corrected chi connectivity index (χ1v) is 13.4. The second-order valence-corrected chi connectivity index (χ2v) is 12.2. The number of aromatic nitrogens is 1. The quantitative estimate of drug-likeness (QED) is 0.604. The molecule has 0 atom stereocenters. The Bertz CT molecular complexity index is 1200. The van der Waals surface area contributed by atoms with Crippen LogP contribution >= 0.6 is 0 Å². The third-order valence-corrected chi connectivity index (χ3v) is 9.15. The minimum atomic E-state index is -0.522. The average molecular weight is 504 g/mol. The van der Waals surface area contributed by atoms with E-state index in [2.05, 4.69) is 21.3 Å². The Morgan fingerprint density at radius 1 is 1.05 bits per heavy atom. The summed E-state index contributed by atoms with van der Waals surface area (Å²) >= 11 is 0. The van der Waals surface area contributed by atoms with Gasteiger partial charge < -0.3 is 29.5 Å². The van der Waals surface area contributed by atoms with Gasteiger partial charge in [-0.05, 0) is 88.5 Å². The smallest absolute Gasteiger partial charge is 0.399 e. The molecule has 1 aromatic heterocycles. The van der Waals surface area contributed by atoms with Gasteiger partial charge in [0.1, 0.15) is 5.82 Å². The topological polar surface area (TPSA) is 87.2 Å². The number of fused-ring (bicyclic) bond motifs is 1. The third kappa shape index (κ3) is 4.21. The molecule has 0 unspecified atom stereocenters. The molecule has 3 fully saturated rings. The number of pyridine rings is 1. The van der Waals surface area contributed by atoms with Crippen molar-refractivity contribution in [2.75, 3.05) is 30.4 Å². The fourth-order valence-corrected chi connectivity index (χ4v) is 5.84. The van der Waals surface area contributed by atoms with Crippen molar-refractivity contribution in [1.29, 1.82) is 0 Å². The summed E-state index contributed by atoms with van der Waals surface area (Å²) in [5.74, 6) is 1.16. The average Bonchev–Trinajstić information content (AvgIpc) is 3.63. The minimum absolute atomic E-state index is 0.0241. The molecule has 1 amide bonds. The molecule has 3 aliphatic heterocycles. The van der Waals surface area contributed by atoms with E-state index in [9.17, 15) is 9.90 Å². The Hall–Kier alpha value is -2.62. The van der Waals surface area contributed by atoms with Crippen LogP contribution in [0, 0.1) is 5.92 Å². The van der Waals surface area contributed by atoms with Gasteiger partial charge in [0.15, 0.2) is 0 Å². The molecule has 0 spiro atoms. The van der Waals surface area contributed by atoms with Crippen molar-refractivity contribution in [1.82, 2.24) is 9.88 Å². The standard InChI is InChI=1S/C28H37BN4O4/c1-26(2)27(3,4)37-29(36-26)21-9-10-22(24-20(21)17-32(5)25(24)34)31-23-11-8-19(16-30-23)33-14-12-28(35,13-15-33)18-6-7-18/h8-11,16,18,35H,6-7,12-15,17H2,1-5H3,(H,30,31). The van der Waals surface area contributed by atoms with Gasteiger partial charge in [0.05, 0.1) is 39.9 Å². The Morgan fingerprint density at radius 3 is 2.32 bits per heavy atom. The highest BCUT2D eigenvalue weighted by Gasteiger charge is 2.53. The highest BCUT2D eigenvalue weighted by atomic mass is 16.7. The van der Waals surface area contributed by atoms with Crippen molar-refractivity contribution < 1.29 is 19.2 Å². The first-order chi connectivity index (χ1) is 17.5. The lowest BCUT2D eigenvalue weighted by atomic mass is 9.74. The van der Waals surface area contributed by atoms with Gasteiger partial charge in [-0.2, -0.15) is 0 Å². The van der Waals surface area contributed by atoms with Crippen molar-refractivity contribution in [2.45, 2.75) is 76.7 Å². The number of nitrogens with one attached hydrogen (secondary N) is 1. The Balaban J connectivity index is 1.21. The monoisotopic (exact) mass is 504 g/mol. The molecule has 2 N–H and O–H groups in total. The number of hydrogen-bond donors (Lipinski definition) is 2. The number of carbonyl (C=O) groups is 1. The molecule has 4 aliphatic rings. The van der Waals surface area contributed by atoms with Crippen LogP contribution in [0.5, 0.6) is 0 Å². The summed E-state index contributed by atoms with van der Waals surface area (Å²) in [4.78, 5) is 21.8. The number of benzene rings is 1. The molecule has 196 valence electrons. The summed E-state index contributed by atoms with van der Waals surface area (Å²) in [6.45, 7) is 10.3. The van der Waals surface area contributed by atoms with Crippen molar-refractivity contribution in [3.8, 4) is 0 Å². The lowest BCUT2D eigenvalue weighted by Crippen LogP contribution is -2.45. The number of amides is 1. The van der Waals surface area contributed by atoms with E-state index in [1.165, 1.54) is 0 Å². The zero-order chi connectivity index (χ0) is 26.2. The summed E-state index contributed by atoms with van der Waals surface area (Å²) in [5, 5.41) is 14.2. The van der Waals surface area contributed by atoms with Crippen LogP contribution in [0.3, 0.4) is 0 Å². The number of nitrogens with zero attached hydrogens (tertiary/aromatic N) is 3. The van der Waals surface area contributed by atoms with Gasteiger partial charge in [-0.25, -0.2) is 4.98 Å². The molecule has 1 aromatic carbocycles. The van der Waals surface area contributed by atoms with Gasteiger partial charge >= 0.3 is 7.12 Å². The van der Waals surface area contributed by atoms with Crippen molar-refractivity contribution in [2.24, 2.45) is 5.92 Å². The zero-order valence-corrected chi connectivity index (χ0v) is 22.5. The van der Waals surface area contributed by atoms with E-state index < -0.39 is 23.9 Å². The molecule has 0 radical (unpaired) electrons. The molecular formula is C28H37BN4O4. The molecule has 2 saturated heterocycles. The molecule has 37 heavy (non-hydrogen) atoms. The summed E-state index contributed by atoms with van der Waals surface area (Å²) in [6, 6.07) is 7.94. The lowest BCUT2D eigenvalue weighted by molar-refractivity contribution is -0.00532. The fraction of sp³-hybridized carbons (Fsp3) is 0.571. The molecule has 2 aromatic rings. The fourth-order valence-electron chi connectivity index (χ4n) is 5.84. The Labute approximate surface area is 219 Å². The molecule has 9 heteroatoms. The van der Waals surface area contributed by atoms with E-state index in [0.717, 1.165) is 61.2 Å². The number of piperidine rings is 1. The maximum atomic E-state index is 13.2. The van der Waals surface area contributed by atoms with Gasteiger partial charge in [0.25, 0.3) is 5.91 Å². The highest BCUT2D eigenvalue weighted by molar-refractivity contribution is 6.63. The van der Waals surface area contributed by atoms with E-state index in [-0.39, 0.29) is 5.91 Å². The second-order valence-electron chi connectivity index (χ2n) is 12.2. The number of rotatable bonds is 5. The maximum absolute atomic E-state index is 13.2. The first kappa shape index (κ1) is 24.7. The van der Waals surface area contributed by atoms with Crippen LogP contribution in [-0.4, -0.2) is 65.0 Å². The number of carbonyl (C=O) groups excluding carboxylic acids is 1. The second kappa shape index (κ2) is 8.45. The molecule has 0 bridgehead atoms. The minimum Gasteiger partial charge on any atom is -0.399 e. The van der Waals surface area contributed by atoms with Crippen molar-refractivity contribution in [3.63, 3.8) is 0 Å². The largest absolute Gasteiger partial charge is 0.495 e. The molecule has 1 aliphatic carbocycles. The molecule has 1 saturated carbocycles. The summed E-state index contributed by atoms with van der Waals surface area (Å²) in [7, 11) is 1.29.